The number of hydrogen-bond acceptors (Lipinski definition) is 3. The fraction of sp³-hybridized carbons (Fsp3) is 0.500. The van der Waals surface area contributed by atoms with Crippen LogP contribution in [0, 0.1) is 0 Å². The van der Waals surface area contributed by atoms with Gasteiger partial charge in [-0.25, -0.2) is 0 Å². The minimum Gasteiger partial charge on any atom is -0.435 e. The second-order valence-corrected chi connectivity index (χ2v) is 3.93. The van der Waals surface area contributed by atoms with Gasteiger partial charge in [-0.15, -0.1) is 0 Å². The van der Waals surface area contributed by atoms with E-state index >= 15 is 0 Å². The van der Waals surface area contributed by atoms with Gasteiger partial charge in [0, 0.05) is 12.6 Å². The molecule has 17 heavy (non-hydrogen) atoms. The molecule has 1 rings (SSSR count). The Bertz CT molecular complexity index is 328. The molecule has 0 radical (unpaired) electrons. The lowest BCUT2D eigenvalue weighted by Crippen LogP contribution is -2.27. The highest BCUT2D eigenvalue weighted by Gasteiger charge is 2.08. The maximum absolute atomic E-state index is 11.9. The molecule has 3 nitrogen and oxygen atoms in total. The summed E-state index contributed by atoms with van der Waals surface area (Å²) in [5.74, 6) is 0.145. The molecule has 0 fully saturated rings. The summed E-state index contributed by atoms with van der Waals surface area (Å²) in [4.78, 5) is 0. The highest BCUT2D eigenvalue weighted by Crippen LogP contribution is 2.18. The minimum absolute atomic E-state index is 0.0465. The van der Waals surface area contributed by atoms with Gasteiger partial charge in [0.15, 0.2) is 0 Å². The third kappa shape index (κ3) is 5.10. The van der Waals surface area contributed by atoms with Gasteiger partial charge in [0.05, 0.1) is 6.10 Å². The van der Waals surface area contributed by atoms with E-state index in [0.29, 0.717) is 6.54 Å². The van der Waals surface area contributed by atoms with E-state index in [9.17, 15) is 8.78 Å². The number of hydrogen-bond donors (Lipinski definition) is 2. The Morgan fingerprint density at radius 2 is 1.82 bits per heavy atom. The first-order chi connectivity index (χ1) is 7.99. The first-order valence-electron chi connectivity index (χ1n) is 5.45. The lowest BCUT2D eigenvalue weighted by molar-refractivity contribution is -0.0498. The van der Waals surface area contributed by atoms with Gasteiger partial charge in [-0.3, -0.25) is 0 Å². The van der Waals surface area contributed by atoms with E-state index in [0.717, 1.165) is 5.56 Å². The quantitative estimate of drug-likeness (QED) is 0.808. The van der Waals surface area contributed by atoms with Crippen LogP contribution in [-0.2, 0) is 0 Å². The zero-order valence-corrected chi connectivity index (χ0v) is 9.86. The van der Waals surface area contributed by atoms with Crippen molar-refractivity contribution in [3.05, 3.63) is 29.8 Å². The smallest absolute Gasteiger partial charge is 0.387 e. The van der Waals surface area contributed by atoms with Crippen molar-refractivity contribution >= 4 is 0 Å². The monoisotopic (exact) mass is 245 g/mol. The van der Waals surface area contributed by atoms with Gasteiger partial charge >= 0.3 is 6.61 Å². The molecule has 0 aliphatic carbocycles. The molecule has 0 aliphatic heterocycles. The van der Waals surface area contributed by atoms with Crippen molar-refractivity contribution in [2.45, 2.75) is 32.6 Å². The van der Waals surface area contributed by atoms with E-state index in [-0.39, 0.29) is 11.8 Å². The van der Waals surface area contributed by atoms with Gasteiger partial charge in [0.25, 0.3) is 0 Å². The van der Waals surface area contributed by atoms with Crippen molar-refractivity contribution in [3.8, 4) is 5.75 Å². The number of aliphatic hydroxyl groups is 1. The summed E-state index contributed by atoms with van der Waals surface area (Å²) in [6.07, 6.45) is -0.418. The van der Waals surface area contributed by atoms with Crippen LogP contribution >= 0.6 is 0 Å². The molecule has 0 saturated carbocycles. The molecule has 0 bridgehead atoms. The number of alkyl halides is 2. The Balaban J connectivity index is 2.54. The molecule has 0 saturated heterocycles. The van der Waals surface area contributed by atoms with Crippen LogP contribution in [0.5, 0.6) is 5.75 Å². The Labute approximate surface area is 99.4 Å². The summed E-state index contributed by atoms with van der Waals surface area (Å²) in [6, 6.07) is 6.49. The standard InChI is InChI=1S/C12H17F2NO2/c1-8(16)7-15-9(2)10-3-5-11(6-4-10)17-12(13)14/h3-6,8-9,12,15-16H,7H2,1-2H3/t8-,9?/m0/s1. The summed E-state index contributed by atoms with van der Waals surface area (Å²) in [7, 11) is 0. The average molecular weight is 245 g/mol. The number of rotatable bonds is 6. The highest BCUT2D eigenvalue weighted by molar-refractivity contribution is 5.28. The molecule has 0 spiro atoms. The van der Waals surface area contributed by atoms with Crippen LogP contribution < -0.4 is 10.1 Å². The van der Waals surface area contributed by atoms with E-state index in [1.807, 2.05) is 6.92 Å². The lowest BCUT2D eigenvalue weighted by Gasteiger charge is -2.16. The van der Waals surface area contributed by atoms with E-state index in [4.69, 9.17) is 5.11 Å². The minimum atomic E-state index is -2.80. The molecule has 1 aromatic carbocycles. The molecule has 0 amide bonds. The van der Waals surface area contributed by atoms with Gasteiger partial charge in [-0.1, -0.05) is 12.1 Å². The molecule has 1 aromatic rings. The summed E-state index contributed by atoms with van der Waals surface area (Å²) in [5, 5.41) is 12.2. The Morgan fingerprint density at radius 1 is 1.24 bits per heavy atom. The summed E-state index contributed by atoms with van der Waals surface area (Å²) >= 11 is 0. The van der Waals surface area contributed by atoms with Crippen LogP contribution in [-0.4, -0.2) is 24.4 Å². The molecule has 0 heterocycles. The Kier molecular flexibility index (Phi) is 5.31. The average Bonchev–Trinajstić information content (AvgIpc) is 2.26. The second kappa shape index (κ2) is 6.51. The Hall–Kier alpha value is -1.20. The molecule has 0 aliphatic rings. The van der Waals surface area contributed by atoms with Gasteiger partial charge in [0.2, 0.25) is 0 Å². The summed E-state index contributed by atoms with van der Waals surface area (Å²) < 4.78 is 28.1. The topological polar surface area (TPSA) is 41.5 Å². The third-order valence-corrected chi connectivity index (χ3v) is 2.32. The second-order valence-electron chi connectivity index (χ2n) is 3.93. The maximum Gasteiger partial charge on any atom is 0.387 e. The van der Waals surface area contributed by atoms with Gasteiger partial charge in [0.1, 0.15) is 5.75 Å². The predicted octanol–water partition coefficient (Wildman–Crippen LogP) is 2.32. The molecule has 1 unspecified atom stereocenters. The maximum atomic E-state index is 11.9. The molecular weight excluding hydrogens is 228 g/mol. The molecule has 2 atom stereocenters. The fourth-order valence-electron chi connectivity index (χ4n) is 1.40. The van der Waals surface area contributed by atoms with E-state index in [2.05, 4.69) is 10.1 Å². The zero-order valence-electron chi connectivity index (χ0n) is 9.86. The van der Waals surface area contributed by atoms with Crippen molar-refractivity contribution in [1.29, 1.82) is 0 Å². The first kappa shape index (κ1) is 13.9. The van der Waals surface area contributed by atoms with Crippen LogP contribution in [0.15, 0.2) is 24.3 Å². The van der Waals surface area contributed by atoms with E-state index in [1.165, 1.54) is 12.1 Å². The number of ether oxygens (including phenoxy) is 1. The van der Waals surface area contributed by atoms with Crippen molar-refractivity contribution in [1.82, 2.24) is 5.32 Å². The summed E-state index contributed by atoms with van der Waals surface area (Å²) in [6.45, 7) is 1.31. The van der Waals surface area contributed by atoms with Crippen molar-refractivity contribution in [2.24, 2.45) is 0 Å². The molecule has 0 aromatic heterocycles. The fourth-order valence-corrected chi connectivity index (χ4v) is 1.40. The normalized spacial score (nSPS) is 14.7. The van der Waals surface area contributed by atoms with E-state index < -0.39 is 12.7 Å². The van der Waals surface area contributed by atoms with Gasteiger partial charge in [-0.2, -0.15) is 8.78 Å². The predicted molar refractivity (Wildman–Crippen MR) is 61.2 cm³/mol. The number of nitrogens with one attached hydrogen (secondary N) is 1. The van der Waals surface area contributed by atoms with Crippen molar-refractivity contribution in [2.75, 3.05) is 6.54 Å². The number of benzene rings is 1. The summed E-state index contributed by atoms with van der Waals surface area (Å²) in [5.41, 5.74) is 0.951. The van der Waals surface area contributed by atoms with Crippen molar-refractivity contribution in [3.63, 3.8) is 0 Å². The highest BCUT2D eigenvalue weighted by atomic mass is 19.3. The zero-order chi connectivity index (χ0) is 12.8. The Morgan fingerprint density at radius 3 is 2.29 bits per heavy atom. The van der Waals surface area contributed by atoms with Crippen LogP contribution in [0.4, 0.5) is 8.78 Å². The van der Waals surface area contributed by atoms with Gasteiger partial charge in [-0.05, 0) is 31.5 Å². The van der Waals surface area contributed by atoms with E-state index in [1.54, 1.807) is 19.1 Å². The molecule has 5 heteroatoms. The van der Waals surface area contributed by atoms with Crippen LogP contribution in [0.3, 0.4) is 0 Å². The number of aliphatic hydroxyl groups excluding tert-OH is 1. The van der Waals surface area contributed by atoms with Crippen LogP contribution in [0.2, 0.25) is 0 Å². The third-order valence-electron chi connectivity index (χ3n) is 2.32. The van der Waals surface area contributed by atoms with Crippen molar-refractivity contribution < 1.29 is 18.6 Å². The molecule has 96 valence electrons. The van der Waals surface area contributed by atoms with Crippen LogP contribution in [0.1, 0.15) is 25.5 Å². The van der Waals surface area contributed by atoms with Gasteiger partial charge < -0.3 is 15.2 Å². The molecular formula is C12H17F2NO2. The SMILES string of the molecule is CC(NC[C@H](C)O)c1ccc(OC(F)F)cc1. The largest absolute Gasteiger partial charge is 0.435 e. The molecule has 2 N–H and O–H groups in total. The number of halogens is 2. The van der Waals surface area contributed by atoms with Crippen LogP contribution in [0.25, 0.3) is 0 Å². The first-order valence-corrected chi connectivity index (χ1v) is 5.45. The lowest BCUT2D eigenvalue weighted by atomic mass is 10.1.